The topological polar surface area (TPSA) is 64.9 Å². The number of aromatic nitrogens is 2. The minimum absolute atomic E-state index is 0.187. The van der Waals surface area contributed by atoms with Gasteiger partial charge in [0.15, 0.2) is 0 Å². The highest BCUT2D eigenvalue weighted by Gasteiger charge is 2.21. The molecule has 0 bridgehead atoms. The minimum Gasteiger partial charge on any atom is -0.408 e. The second-order valence-electron chi connectivity index (χ2n) is 2.96. The minimum atomic E-state index is 0.187. The van der Waals surface area contributed by atoms with Gasteiger partial charge in [0, 0.05) is 5.92 Å². The molecule has 60 valence electrons. The van der Waals surface area contributed by atoms with E-state index in [1.807, 2.05) is 0 Å². The molecule has 0 aromatic carbocycles. The predicted octanol–water partition coefficient (Wildman–Crippen LogP) is 1.31. The second kappa shape index (κ2) is 2.53. The monoisotopic (exact) mass is 153 g/mol. The average Bonchev–Trinajstić information content (AvgIpc) is 2.55. The Morgan fingerprint density at radius 1 is 1.27 bits per heavy atom. The maximum atomic E-state index is 5.31. The Kier molecular flexibility index (Phi) is 1.52. The normalized spacial score (nSPS) is 19.3. The zero-order chi connectivity index (χ0) is 7.68. The number of nitrogens with zero attached hydrogens (tertiary/aromatic N) is 2. The summed E-state index contributed by atoms with van der Waals surface area (Å²) in [7, 11) is 0. The van der Waals surface area contributed by atoms with E-state index >= 15 is 0 Å². The zero-order valence-corrected chi connectivity index (χ0v) is 6.29. The molecule has 0 amide bonds. The van der Waals surface area contributed by atoms with Crippen LogP contribution in [0.2, 0.25) is 0 Å². The molecular weight excluding hydrogens is 142 g/mol. The fourth-order valence-electron chi connectivity index (χ4n) is 1.58. The first-order valence-electron chi connectivity index (χ1n) is 3.95. The van der Waals surface area contributed by atoms with Crippen LogP contribution in [0.5, 0.6) is 0 Å². The maximum Gasteiger partial charge on any atom is 0.312 e. The average molecular weight is 153 g/mol. The van der Waals surface area contributed by atoms with Crippen molar-refractivity contribution < 1.29 is 4.42 Å². The van der Waals surface area contributed by atoms with Crippen molar-refractivity contribution in [2.75, 3.05) is 5.73 Å². The third-order valence-corrected chi connectivity index (χ3v) is 2.16. The number of nitrogens with two attached hydrogens (primary N) is 1. The summed E-state index contributed by atoms with van der Waals surface area (Å²) in [6.45, 7) is 0. The van der Waals surface area contributed by atoms with Gasteiger partial charge in [-0.3, -0.25) is 0 Å². The summed E-state index contributed by atoms with van der Waals surface area (Å²) in [6, 6.07) is 0.187. The second-order valence-corrected chi connectivity index (χ2v) is 2.96. The van der Waals surface area contributed by atoms with Gasteiger partial charge in [-0.15, -0.1) is 5.10 Å². The van der Waals surface area contributed by atoms with Gasteiger partial charge in [-0.2, -0.15) is 0 Å². The van der Waals surface area contributed by atoms with Crippen LogP contribution < -0.4 is 5.73 Å². The van der Waals surface area contributed by atoms with Crippen LogP contribution in [0.4, 0.5) is 6.01 Å². The first kappa shape index (κ1) is 6.64. The highest BCUT2D eigenvalue weighted by molar-refractivity contribution is 5.07. The van der Waals surface area contributed by atoms with Crippen LogP contribution in [0.15, 0.2) is 4.42 Å². The quantitative estimate of drug-likeness (QED) is 0.660. The molecule has 1 saturated carbocycles. The molecule has 0 saturated heterocycles. The van der Waals surface area contributed by atoms with E-state index in [1.165, 1.54) is 25.7 Å². The molecule has 0 atom stereocenters. The van der Waals surface area contributed by atoms with E-state index in [0.717, 1.165) is 5.89 Å². The Morgan fingerprint density at radius 3 is 2.55 bits per heavy atom. The van der Waals surface area contributed by atoms with Crippen LogP contribution in [0.3, 0.4) is 0 Å². The van der Waals surface area contributed by atoms with E-state index in [1.54, 1.807) is 0 Å². The third kappa shape index (κ3) is 1.20. The van der Waals surface area contributed by atoms with E-state index in [2.05, 4.69) is 10.2 Å². The van der Waals surface area contributed by atoms with Crippen molar-refractivity contribution in [3.63, 3.8) is 0 Å². The molecule has 0 spiro atoms. The molecule has 0 radical (unpaired) electrons. The van der Waals surface area contributed by atoms with Gasteiger partial charge < -0.3 is 10.2 Å². The van der Waals surface area contributed by atoms with Gasteiger partial charge in [-0.1, -0.05) is 17.9 Å². The molecule has 1 aromatic heterocycles. The molecular formula is C7H11N3O. The van der Waals surface area contributed by atoms with Gasteiger partial charge in [0.05, 0.1) is 0 Å². The summed E-state index contributed by atoms with van der Waals surface area (Å²) in [5.41, 5.74) is 5.31. The smallest absolute Gasteiger partial charge is 0.312 e. The van der Waals surface area contributed by atoms with Crippen LogP contribution >= 0.6 is 0 Å². The number of anilines is 1. The molecule has 4 heteroatoms. The highest BCUT2D eigenvalue weighted by atomic mass is 16.4. The van der Waals surface area contributed by atoms with E-state index in [4.69, 9.17) is 10.2 Å². The Labute approximate surface area is 64.8 Å². The summed E-state index contributed by atoms with van der Waals surface area (Å²) in [5, 5.41) is 7.48. The van der Waals surface area contributed by atoms with Crippen molar-refractivity contribution in [2.45, 2.75) is 31.6 Å². The van der Waals surface area contributed by atoms with Gasteiger partial charge in [0.2, 0.25) is 5.89 Å². The van der Waals surface area contributed by atoms with Gasteiger partial charge in [0.1, 0.15) is 0 Å². The summed E-state index contributed by atoms with van der Waals surface area (Å²) < 4.78 is 5.12. The van der Waals surface area contributed by atoms with Crippen molar-refractivity contribution in [1.82, 2.24) is 10.2 Å². The fourth-order valence-corrected chi connectivity index (χ4v) is 1.58. The molecule has 4 nitrogen and oxygen atoms in total. The number of hydrogen-bond acceptors (Lipinski definition) is 4. The number of rotatable bonds is 1. The standard InChI is InChI=1S/C7H11N3O/c8-7-10-9-6(11-7)5-3-1-2-4-5/h5H,1-4H2,(H2,8,10). The van der Waals surface area contributed by atoms with E-state index in [-0.39, 0.29) is 6.01 Å². The Hall–Kier alpha value is -1.06. The van der Waals surface area contributed by atoms with Gasteiger partial charge in [-0.25, -0.2) is 0 Å². The molecule has 0 aliphatic heterocycles. The number of nitrogen functional groups attached to an aromatic ring is 1. The summed E-state index contributed by atoms with van der Waals surface area (Å²) >= 11 is 0. The van der Waals surface area contributed by atoms with Crippen LogP contribution in [0, 0.1) is 0 Å². The fraction of sp³-hybridized carbons (Fsp3) is 0.714. The van der Waals surface area contributed by atoms with Crippen LogP contribution in [0.1, 0.15) is 37.5 Å². The van der Waals surface area contributed by atoms with Crippen molar-refractivity contribution in [1.29, 1.82) is 0 Å². The molecule has 1 aliphatic rings. The van der Waals surface area contributed by atoms with E-state index in [0.29, 0.717) is 5.92 Å². The van der Waals surface area contributed by atoms with E-state index in [9.17, 15) is 0 Å². The maximum absolute atomic E-state index is 5.31. The van der Waals surface area contributed by atoms with Crippen LogP contribution in [-0.4, -0.2) is 10.2 Å². The Bertz CT molecular complexity index is 240. The molecule has 1 heterocycles. The van der Waals surface area contributed by atoms with Crippen molar-refractivity contribution in [3.05, 3.63) is 5.89 Å². The number of hydrogen-bond donors (Lipinski definition) is 1. The van der Waals surface area contributed by atoms with Crippen molar-refractivity contribution in [3.8, 4) is 0 Å². The zero-order valence-electron chi connectivity index (χ0n) is 6.29. The van der Waals surface area contributed by atoms with Gasteiger partial charge >= 0.3 is 6.01 Å². The Balaban J connectivity index is 2.15. The summed E-state index contributed by atoms with van der Waals surface area (Å²) in [4.78, 5) is 0. The first-order valence-corrected chi connectivity index (χ1v) is 3.95. The third-order valence-electron chi connectivity index (χ3n) is 2.16. The van der Waals surface area contributed by atoms with Gasteiger partial charge in [-0.05, 0) is 12.8 Å². The molecule has 1 aromatic rings. The van der Waals surface area contributed by atoms with Crippen LogP contribution in [0.25, 0.3) is 0 Å². The summed E-state index contributed by atoms with van der Waals surface area (Å²) in [6.07, 6.45) is 4.88. The SMILES string of the molecule is Nc1nnc(C2CCCC2)o1. The highest BCUT2D eigenvalue weighted by Crippen LogP contribution is 2.33. The first-order chi connectivity index (χ1) is 5.36. The van der Waals surface area contributed by atoms with Crippen molar-refractivity contribution in [2.24, 2.45) is 0 Å². The summed E-state index contributed by atoms with van der Waals surface area (Å²) in [5.74, 6) is 1.19. The van der Waals surface area contributed by atoms with Crippen LogP contribution in [-0.2, 0) is 0 Å². The molecule has 2 rings (SSSR count). The Morgan fingerprint density at radius 2 is 2.00 bits per heavy atom. The largest absolute Gasteiger partial charge is 0.408 e. The predicted molar refractivity (Wildman–Crippen MR) is 39.9 cm³/mol. The lowest BCUT2D eigenvalue weighted by Crippen LogP contribution is -1.91. The van der Waals surface area contributed by atoms with Gasteiger partial charge in [0.25, 0.3) is 0 Å². The molecule has 2 N–H and O–H groups in total. The molecule has 1 aliphatic carbocycles. The lowest BCUT2D eigenvalue weighted by molar-refractivity contribution is 0.460. The van der Waals surface area contributed by atoms with E-state index < -0.39 is 0 Å². The molecule has 1 fully saturated rings. The lowest BCUT2D eigenvalue weighted by atomic mass is 10.1. The molecule has 0 unspecified atom stereocenters. The molecule has 11 heavy (non-hydrogen) atoms. The lowest BCUT2D eigenvalue weighted by Gasteiger charge is -1.99. The van der Waals surface area contributed by atoms with Crippen molar-refractivity contribution >= 4 is 6.01 Å².